The fourth-order valence-electron chi connectivity index (χ4n) is 4.80. The van der Waals surface area contributed by atoms with Crippen LogP contribution in [0, 0.1) is 18.7 Å². The van der Waals surface area contributed by atoms with Gasteiger partial charge < -0.3 is 10.2 Å². The van der Waals surface area contributed by atoms with Crippen molar-refractivity contribution in [1.82, 2.24) is 10.3 Å². The molecule has 1 fully saturated rings. The minimum absolute atomic E-state index is 0.0933. The molecule has 2 aromatic carbocycles. The number of sulfonamides is 1. The highest BCUT2D eigenvalue weighted by molar-refractivity contribution is 7.92. The number of carbonyl (C=O) groups excluding carboxylic acids is 1. The maximum atomic E-state index is 14.9. The fourth-order valence-corrected chi connectivity index (χ4v) is 5.36. The van der Waals surface area contributed by atoms with E-state index >= 15 is 0 Å². The average Bonchev–Trinajstić information content (AvgIpc) is 2.89. The summed E-state index contributed by atoms with van der Waals surface area (Å²) in [5.41, 5.74) is 0.962. The van der Waals surface area contributed by atoms with Crippen molar-refractivity contribution < 1.29 is 30.8 Å². The number of pyridine rings is 1. The van der Waals surface area contributed by atoms with Gasteiger partial charge in [0.2, 0.25) is 15.9 Å². The molecule has 1 aliphatic heterocycles. The first-order valence-electron chi connectivity index (χ1n) is 13.1. The first kappa shape index (κ1) is 30.3. The van der Waals surface area contributed by atoms with Crippen molar-refractivity contribution in [2.45, 2.75) is 45.3 Å². The molecule has 0 spiro atoms. The van der Waals surface area contributed by atoms with Crippen molar-refractivity contribution in [3.63, 3.8) is 0 Å². The third-order valence-electron chi connectivity index (χ3n) is 7.08. The van der Waals surface area contributed by atoms with E-state index in [0.717, 1.165) is 36.8 Å². The second kappa shape index (κ2) is 12.1. The predicted molar refractivity (Wildman–Crippen MR) is 150 cm³/mol. The number of aromatic nitrogens is 1. The van der Waals surface area contributed by atoms with E-state index in [2.05, 4.69) is 21.9 Å². The van der Waals surface area contributed by atoms with Crippen LogP contribution in [0.3, 0.4) is 0 Å². The minimum Gasteiger partial charge on any atom is -0.356 e. The summed E-state index contributed by atoms with van der Waals surface area (Å²) in [5.74, 6) is -1.70. The fraction of sp³-hybridized carbons (Fsp3) is 0.379. The molecule has 1 unspecified atom stereocenters. The topological polar surface area (TPSA) is 91.4 Å². The minimum atomic E-state index is -4.61. The molecule has 1 saturated heterocycles. The van der Waals surface area contributed by atoms with Crippen LogP contribution >= 0.6 is 0 Å². The monoisotopic (exact) mass is 592 g/mol. The highest BCUT2D eigenvalue weighted by atomic mass is 32.2. The molecule has 1 atom stereocenters. The highest BCUT2D eigenvalue weighted by Gasteiger charge is 2.34. The van der Waals surface area contributed by atoms with Crippen LogP contribution in [0.5, 0.6) is 0 Å². The third-order valence-corrected chi connectivity index (χ3v) is 7.67. The summed E-state index contributed by atoms with van der Waals surface area (Å²) in [6, 6.07) is 13.1. The van der Waals surface area contributed by atoms with E-state index in [1.165, 1.54) is 18.2 Å². The molecule has 0 aliphatic carbocycles. The van der Waals surface area contributed by atoms with Crippen LogP contribution in [-0.2, 0) is 27.5 Å². The van der Waals surface area contributed by atoms with Crippen LogP contribution in [0.15, 0.2) is 54.6 Å². The molecule has 41 heavy (non-hydrogen) atoms. The lowest BCUT2D eigenvalue weighted by Gasteiger charge is -2.33. The lowest BCUT2D eigenvalue weighted by Crippen LogP contribution is -2.36. The number of hydrogen-bond donors (Lipinski definition) is 2. The Labute approximate surface area is 237 Å². The Morgan fingerprint density at radius 1 is 1.05 bits per heavy atom. The Balaban J connectivity index is 1.64. The summed E-state index contributed by atoms with van der Waals surface area (Å²) in [6.45, 7) is 4.98. The molecule has 12 heteroatoms. The van der Waals surface area contributed by atoms with E-state index in [0.29, 0.717) is 30.1 Å². The molecular weight excluding hydrogens is 560 g/mol. The Bertz CT molecular complexity index is 1500. The normalized spacial score (nSPS) is 15.4. The summed E-state index contributed by atoms with van der Waals surface area (Å²) >= 11 is 0. The van der Waals surface area contributed by atoms with Crippen molar-refractivity contribution >= 4 is 27.4 Å². The van der Waals surface area contributed by atoms with Crippen LogP contribution in [0.2, 0.25) is 0 Å². The zero-order valence-electron chi connectivity index (χ0n) is 22.9. The van der Waals surface area contributed by atoms with E-state index in [9.17, 15) is 30.8 Å². The van der Waals surface area contributed by atoms with E-state index < -0.39 is 39.5 Å². The maximum Gasteiger partial charge on any atom is 0.433 e. The molecule has 1 aliphatic rings. The Hall–Kier alpha value is -3.67. The Morgan fingerprint density at radius 3 is 2.27 bits per heavy atom. The molecule has 7 nitrogen and oxygen atoms in total. The Kier molecular flexibility index (Phi) is 8.91. The second-order valence-electron chi connectivity index (χ2n) is 10.5. The van der Waals surface area contributed by atoms with Crippen molar-refractivity contribution in [3.8, 4) is 0 Å². The number of carbonyl (C=O) groups is 1. The lowest BCUT2D eigenvalue weighted by molar-refractivity contribution is -0.141. The highest BCUT2D eigenvalue weighted by Crippen LogP contribution is 2.33. The van der Waals surface area contributed by atoms with E-state index in [1.54, 1.807) is 24.3 Å². The van der Waals surface area contributed by atoms with Gasteiger partial charge in [-0.3, -0.25) is 9.52 Å². The van der Waals surface area contributed by atoms with Gasteiger partial charge in [0.25, 0.3) is 0 Å². The van der Waals surface area contributed by atoms with Gasteiger partial charge in [0, 0.05) is 25.2 Å². The standard InChI is InChI=1S/C29H32F4N4O3S/c1-18-4-6-20(7-5-18)26(21-8-10-24(23(30)16-21)36-41(3,39)40)28(38)34-17-22-9-11-25(29(31,32)33)35-27(22)37-14-12-19(2)13-15-37/h4-11,16,19,26,36H,12-15,17H2,1-3H3,(H,34,38). The lowest BCUT2D eigenvalue weighted by atomic mass is 9.89. The smallest absolute Gasteiger partial charge is 0.356 e. The largest absolute Gasteiger partial charge is 0.433 e. The van der Waals surface area contributed by atoms with Gasteiger partial charge in [-0.15, -0.1) is 0 Å². The summed E-state index contributed by atoms with van der Waals surface area (Å²) in [7, 11) is -3.72. The van der Waals surface area contributed by atoms with Crippen molar-refractivity contribution in [1.29, 1.82) is 0 Å². The SMILES string of the molecule is Cc1ccc(C(C(=O)NCc2ccc(C(F)(F)F)nc2N2CCC(C)CC2)c2ccc(NS(C)(=O)=O)c(F)c2)cc1. The number of rotatable bonds is 8. The van der Waals surface area contributed by atoms with Gasteiger partial charge >= 0.3 is 6.18 Å². The molecule has 1 amide bonds. The number of nitrogens with one attached hydrogen (secondary N) is 2. The van der Waals surface area contributed by atoms with E-state index in [-0.39, 0.29) is 23.6 Å². The van der Waals surface area contributed by atoms with E-state index in [1.807, 2.05) is 11.8 Å². The molecule has 220 valence electrons. The van der Waals surface area contributed by atoms with Crippen molar-refractivity contribution in [3.05, 3.63) is 88.4 Å². The maximum absolute atomic E-state index is 14.9. The molecule has 3 aromatic rings. The van der Waals surface area contributed by atoms with Crippen LogP contribution in [0.1, 0.15) is 53.6 Å². The number of nitrogens with zero attached hydrogens (tertiary/aromatic N) is 2. The van der Waals surface area contributed by atoms with Gasteiger partial charge in [-0.1, -0.05) is 48.9 Å². The number of anilines is 2. The number of benzene rings is 2. The molecular formula is C29H32F4N4O3S. The average molecular weight is 593 g/mol. The summed E-state index contributed by atoms with van der Waals surface area (Å²) in [4.78, 5) is 19.4. The van der Waals surface area contributed by atoms with Gasteiger partial charge in [0.05, 0.1) is 17.9 Å². The number of aryl methyl sites for hydroxylation is 1. The molecule has 0 radical (unpaired) electrons. The van der Waals surface area contributed by atoms with Crippen LogP contribution < -0.4 is 14.9 Å². The van der Waals surface area contributed by atoms with Crippen molar-refractivity contribution in [2.24, 2.45) is 5.92 Å². The van der Waals surface area contributed by atoms with Crippen LogP contribution in [0.4, 0.5) is 29.1 Å². The predicted octanol–water partition coefficient (Wildman–Crippen LogP) is 5.60. The van der Waals surface area contributed by atoms with Crippen LogP contribution in [0.25, 0.3) is 0 Å². The quantitative estimate of drug-likeness (QED) is 0.332. The number of amides is 1. The summed E-state index contributed by atoms with van der Waals surface area (Å²) < 4.78 is 80.6. The van der Waals surface area contributed by atoms with Gasteiger partial charge in [-0.25, -0.2) is 17.8 Å². The molecule has 0 bridgehead atoms. The zero-order valence-corrected chi connectivity index (χ0v) is 23.7. The molecule has 0 saturated carbocycles. The molecule has 2 heterocycles. The van der Waals surface area contributed by atoms with Crippen molar-refractivity contribution in [2.75, 3.05) is 29.0 Å². The zero-order chi connectivity index (χ0) is 29.9. The van der Waals surface area contributed by atoms with Gasteiger partial charge in [-0.2, -0.15) is 13.2 Å². The first-order chi connectivity index (χ1) is 19.2. The number of halogens is 4. The van der Waals surface area contributed by atoms with E-state index in [4.69, 9.17) is 0 Å². The summed E-state index contributed by atoms with van der Waals surface area (Å²) in [5, 5.41) is 2.81. The number of alkyl halides is 3. The molecule has 4 rings (SSSR count). The first-order valence-corrected chi connectivity index (χ1v) is 15.0. The number of piperidine rings is 1. The van der Waals surface area contributed by atoms with Gasteiger partial charge in [-0.05, 0) is 55.0 Å². The molecule has 2 N–H and O–H groups in total. The summed E-state index contributed by atoms with van der Waals surface area (Å²) in [6.07, 6.45) is -2.08. The van der Waals surface area contributed by atoms with Gasteiger partial charge in [0.1, 0.15) is 17.3 Å². The number of hydrogen-bond acceptors (Lipinski definition) is 5. The second-order valence-corrected chi connectivity index (χ2v) is 12.3. The molecule has 1 aromatic heterocycles. The van der Waals surface area contributed by atoms with Gasteiger partial charge in [0.15, 0.2) is 0 Å². The Morgan fingerprint density at radius 2 is 1.68 bits per heavy atom. The van der Waals surface area contributed by atoms with Crippen LogP contribution in [-0.4, -0.2) is 38.7 Å². The third kappa shape index (κ3) is 7.75.